The summed E-state index contributed by atoms with van der Waals surface area (Å²) in [5.74, 6) is 3.45. The third-order valence-corrected chi connectivity index (χ3v) is 33.4. The first-order valence-electron chi connectivity index (χ1n) is 43.9. The van der Waals surface area contributed by atoms with Crippen LogP contribution in [0.2, 0.25) is 0 Å². The van der Waals surface area contributed by atoms with Gasteiger partial charge in [-0.05, 0) is 194 Å². The molecule has 0 spiro atoms. The lowest BCUT2D eigenvalue weighted by molar-refractivity contribution is 0.0623. The number of unbranched alkanes of at least 4 members (excludes halogenated alkanes) is 7. The molecule has 2 amide bonds. The second-order valence-corrected chi connectivity index (χ2v) is 39.8. The summed E-state index contributed by atoms with van der Waals surface area (Å²) in [7, 11) is 0. The summed E-state index contributed by atoms with van der Waals surface area (Å²) < 4.78 is 5.52. The Bertz CT molecular complexity index is 4170. The van der Waals surface area contributed by atoms with Crippen LogP contribution in [0.3, 0.4) is 0 Å². The summed E-state index contributed by atoms with van der Waals surface area (Å²) >= 11 is 11.1. The third-order valence-electron chi connectivity index (χ3n) is 25.8. The smallest absolute Gasteiger partial charge is 0.263 e. The van der Waals surface area contributed by atoms with Crippen molar-refractivity contribution in [3.8, 4) is 29.3 Å². The highest BCUT2D eigenvalue weighted by Crippen LogP contribution is 2.57. The number of rotatable bonds is 49. The SMILES string of the molecule is CCCCC(CC)CCc1c2cc(-c3sc(-c4cc5c(CCC(CC)CCCC)c6sc(-c7sc(C)c8c7C(=O)N(CC(CC)CCCC)C8=O)cc6c(CCC(CC)CCCC)c5s4)c4c3C(=O)C(CC(CC)CCCC)=C(CC(CC)CCCC)C4=O)sc2c(CCC(CC)CCCC)c2cc(C)sc12. The van der Waals surface area contributed by atoms with Crippen LogP contribution in [0.4, 0.5) is 0 Å². The molecule has 0 fully saturated rings. The van der Waals surface area contributed by atoms with Crippen LogP contribution >= 0.6 is 68.0 Å². The Labute approximate surface area is 672 Å². The van der Waals surface area contributed by atoms with E-state index in [4.69, 9.17) is 0 Å². The van der Waals surface area contributed by atoms with Gasteiger partial charge in [0.2, 0.25) is 0 Å². The molecule has 8 aromatic rings. The summed E-state index contributed by atoms with van der Waals surface area (Å²) in [6.07, 6.45) is 41.9. The molecule has 5 nitrogen and oxygen atoms in total. The van der Waals surface area contributed by atoms with Crippen LogP contribution in [0.15, 0.2) is 35.4 Å². The summed E-state index contributed by atoms with van der Waals surface area (Å²) in [4.78, 5) is 74.0. The zero-order valence-electron chi connectivity index (χ0n) is 69.5. The van der Waals surface area contributed by atoms with Crippen LogP contribution < -0.4 is 0 Å². The highest BCUT2D eigenvalue weighted by atomic mass is 32.1. The van der Waals surface area contributed by atoms with E-state index in [9.17, 15) is 4.79 Å². The number of thiophene rings is 6. The average molecular weight is 1560 g/mol. The zero-order valence-corrected chi connectivity index (χ0v) is 74.4. The highest BCUT2D eigenvalue weighted by molar-refractivity contribution is 7.31. The van der Waals surface area contributed by atoms with Crippen LogP contribution in [0, 0.1) is 55.3 Å². The largest absolute Gasteiger partial charge is 0.289 e. The number of hydrogen-bond donors (Lipinski definition) is 0. The number of nitrogens with zero attached hydrogens (tertiary/aromatic N) is 1. The van der Waals surface area contributed by atoms with E-state index < -0.39 is 0 Å². The van der Waals surface area contributed by atoms with E-state index in [0.717, 1.165) is 174 Å². The van der Waals surface area contributed by atoms with Crippen LogP contribution in [-0.2, 0) is 25.7 Å². The van der Waals surface area contributed by atoms with E-state index in [1.807, 2.05) is 45.3 Å². The number of carbonyl (C=O) groups excluding carboxylic acids is 4. The molecule has 0 bridgehead atoms. The molecule has 0 N–H and O–H groups in total. The van der Waals surface area contributed by atoms with E-state index >= 15 is 14.4 Å². The first-order chi connectivity index (χ1) is 52.0. The molecule has 586 valence electrons. The van der Waals surface area contributed by atoms with Crippen molar-refractivity contribution in [1.29, 1.82) is 0 Å². The molecule has 10 rings (SSSR count). The molecular weight excluding hydrogens is 1420 g/mol. The van der Waals surface area contributed by atoms with E-state index in [1.54, 1.807) is 27.6 Å². The van der Waals surface area contributed by atoms with Crippen molar-refractivity contribution in [3.05, 3.63) is 89.7 Å². The zero-order chi connectivity index (χ0) is 76.6. The Balaban J connectivity index is 1.27. The number of carbonyl (C=O) groups is 4. The Hall–Kier alpha value is -4.10. The molecule has 1 aliphatic heterocycles. The van der Waals surface area contributed by atoms with Gasteiger partial charge in [-0.2, -0.15) is 0 Å². The molecule has 7 heterocycles. The lowest BCUT2D eigenvalue weighted by Gasteiger charge is -2.26. The minimum Gasteiger partial charge on any atom is -0.289 e. The number of amides is 2. The number of benzene rings is 2. The molecule has 6 aromatic heterocycles. The second kappa shape index (κ2) is 41.1. The van der Waals surface area contributed by atoms with E-state index in [2.05, 4.69) is 135 Å². The topological polar surface area (TPSA) is 71.5 Å². The van der Waals surface area contributed by atoms with Crippen LogP contribution in [0.25, 0.3) is 69.6 Å². The van der Waals surface area contributed by atoms with Gasteiger partial charge in [-0.3, -0.25) is 24.1 Å². The molecule has 0 saturated heterocycles. The molecule has 2 aromatic carbocycles. The van der Waals surface area contributed by atoms with Gasteiger partial charge in [0.05, 0.1) is 36.9 Å². The number of fused-ring (bicyclic) bond motifs is 6. The van der Waals surface area contributed by atoms with Crippen molar-refractivity contribution in [2.45, 2.75) is 355 Å². The fourth-order valence-electron chi connectivity index (χ4n) is 18.4. The first-order valence-corrected chi connectivity index (χ1v) is 48.8. The molecule has 11 heteroatoms. The number of allylic oxidation sites excluding steroid dienone is 2. The van der Waals surface area contributed by atoms with Gasteiger partial charge in [0, 0.05) is 60.9 Å². The van der Waals surface area contributed by atoms with Crippen molar-refractivity contribution < 1.29 is 19.2 Å². The van der Waals surface area contributed by atoms with Gasteiger partial charge >= 0.3 is 0 Å². The number of Topliss-reactive ketones (excluding diaryl/α,β-unsaturated/α-hetero) is 2. The molecule has 0 radical (unpaired) electrons. The second-order valence-electron chi connectivity index (χ2n) is 33.1. The van der Waals surface area contributed by atoms with Crippen molar-refractivity contribution in [2.24, 2.45) is 41.4 Å². The molecule has 2 aliphatic rings. The maximum Gasteiger partial charge on any atom is 0.263 e. The Morgan fingerprint density at radius 2 is 0.598 bits per heavy atom. The van der Waals surface area contributed by atoms with E-state index in [0.29, 0.717) is 77.1 Å². The molecule has 0 saturated carbocycles. The van der Waals surface area contributed by atoms with Gasteiger partial charge in [0.25, 0.3) is 11.8 Å². The lowest BCUT2D eigenvalue weighted by atomic mass is 9.75. The molecule has 107 heavy (non-hydrogen) atoms. The Kier molecular flexibility index (Phi) is 32.8. The highest BCUT2D eigenvalue weighted by Gasteiger charge is 2.44. The van der Waals surface area contributed by atoms with Gasteiger partial charge in [-0.1, -0.05) is 270 Å². The number of aryl methyl sites for hydroxylation is 6. The minimum absolute atomic E-state index is 0.115. The third kappa shape index (κ3) is 19.2. The quantitative estimate of drug-likeness (QED) is 0.0356. The predicted molar refractivity (Wildman–Crippen MR) is 476 cm³/mol. The van der Waals surface area contributed by atoms with Gasteiger partial charge < -0.3 is 0 Å². The molecule has 1 aliphatic carbocycles. The number of ketones is 2. The van der Waals surface area contributed by atoms with Crippen molar-refractivity contribution in [1.82, 2.24) is 4.90 Å². The van der Waals surface area contributed by atoms with E-state index in [-0.39, 0.29) is 29.3 Å². The van der Waals surface area contributed by atoms with Crippen LogP contribution in [0.5, 0.6) is 0 Å². The van der Waals surface area contributed by atoms with Crippen molar-refractivity contribution >= 4 is 132 Å². The fraction of sp³-hybridized carbons (Fsp3) is 0.646. The predicted octanol–water partition coefficient (Wildman–Crippen LogP) is 32.6. The molecule has 7 unspecified atom stereocenters. The number of imide groups is 1. The monoisotopic (exact) mass is 1560 g/mol. The summed E-state index contributed by atoms with van der Waals surface area (Å²) in [6.45, 7) is 37.4. The van der Waals surface area contributed by atoms with Gasteiger partial charge in [0.1, 0.15) is 0 Å². The van der Waals surface area contributed by atoms with Gasteiger partial charge in [-0.25, -0.2) is 0 Å². The summed E-state index contributed by atoms with van der Waals surface area (Å²) in [5, 5.41) is 5.44. The normalized spacial score (nSPS) is 15.6. The summed E-state index contributed by atoms with van der Waals surface area (Å²) in [5.41, 5.74) is 10.0. The molecule has 7 atom stereocenters. The van der Waals surface area contributed by atoms with Crippen molar-refractivity contribution in [3.63, 3.8) is 0 Å². The van der Waals surface area contributed by atoms with Crippen LogP contribution in [0.1, 0.15) is 389 Å². The lowest BCUT2D eigenvalue weighted by Crippen LogP contribution is -2.34. The Morgan fingerprint density at radius 3 is 0.925 bits per heavy atom. The molecular formula is C96H137NO4S6. The van der Waals surface area contributed by atoms with E-state index in [1.165, 1.54) is 170 Å². The van der Waals surface area contributed by atoms with Gasteiger partial charge in [-0.15, -0.1) is 68.0 Å². The Morgan fingerprint density at radius 1 is 0.308 bits per heavy atom. The minimum atomic E-state index is -0.117. The van der Waals surface area contributed by atoms with Crippen LogP contribution in [-0.4, -0.2) is 34.8 Å². The standard InChI is InChI=1S/C96H137NO4S6/c1-17-31-38-62(24-8)45-49-69-75-53-60(15)102-88(75)70(50-46-63(25-9)39-32-18-2)76-56-79(104-89(69)76)92-83-84(87(99)74(55-67(29-13)43-36-22-6)73(86(83)98)54-66(28-12)42-35-21-5)93(107-92)80-57-77-71(51-47-64(26-10)40-33-19-3)91-78(72(90(77)105-80)52-48-65(27-11)41-34-20-4)58-81(106-91)94-85-82(61(16)103-94)95(100)97(96(85)101)59-68(30-14)44-37-23-7/h53,56-58,62-68H,17-52,54-55,59H2,1-16H3. The summed E-state index contributed by atoms with van der Waals surface area (Å²) in [6, 6.07) is 10.1. The fourth-order valence-corrected chi connectivity index (χ4v) is 26.1. The maximum absolute atomic E-state index is 17.0. The van der Waals surface area contributed by atoms with Gasteiger partial charge in [0.15, 0.2) is 11.6 Å². The maximum atomic E-state index is 17.0. The number of hydrogen-bond acceptors (Lipinski definition) is 10. The van der Waals surface area contributed by atoms with Crippen molar-refractivity contribution in [2.75, 3.05) is 6.54 Å². The first kappa shape index (κ1) is 85.3. The average Bonchev–Trinajstić information content (AvgIpc) is 1.56.